The van der Waals surface area contributed by atoms with E-state index in [2.05, 4.69) is 170 Å². The monoisotopic (exact) mass is 648 g/mol. The van der Waals surface area contributed by atoms with Gasteiger partial charge in [0.15, 0.2) is 0 Å². The van der Waals surface area contributed by atoms with Crippen LogP contribution < -0.4 is 0 Å². The molecule has 0 N–H and O–H groups in total. The van der Waals surface area contributed by atoms with E-state index in [9.17, 15) is 0 Å². The van der Waals surface area contributed by atoms with E-state index in [-0.39, 0.29) is 0 Å². The summed E-state index contributed by atoms with van der Waals surface area (Å²) in [5.41, 5.74) is 15.7. The van der Waals surface area contributed by atoms with Crippen LogP contribution in [0.2, 0.25) is 0 Å². The smallest absolute Gasteiger partial charge is 0.0731 e. The lowest BCUT2D eigenvalue weighted by molar-refractivity contribution is 0.802. The molecule has 12 rings (SSSR count). The van der Waals surface area contributed by atoms with Gasteiger partial charge in [-0.15, -0.1) is 0 Å². The van der Waals surface area contributed by atoms with Crippen molar-refractivity contribution in [1.82, 2.24) is 0 Å². The summed E-state index contributed by atoms with van der Waals surface area (Å²) in [6.45, 7) is 0. The summed E-state index contributed by atoms with van der Waals surface area (Å²) in [5.74, 6) is 0. The Hall–Kier alpha value is -5.89. The van der Waals surface area contributed by atoms with E-state index in [0.29, 0.717) is 0 Å². The van der Waals surface area contributed by atoms with Crippen molar-refractivity contribution in [3.8, 4) is 44.5 Å². The average molecular weight is 649 g/mol. The molecule has 230 valence electrons. The minimum atomic E-state index is -0.438. The van der Waals surface area contributed by atoms with E-state index in [1.807, 2.05) is 11.8 Å². The van der Waals surface area contributed by atoms with E-state index in [1.54, 1.807) is 0 Å². The van der Waals surface area contributed by atoms with Crippen LogP contribution in [-0.4, -0.2) is 0 Å². The van der Waals surface area contributed by atoms with Crippen molar-refractivity contribution in [2.75, 3.05) is 0 Å². The van der Waals surface area contributed by atoms with Gasteiger partial charge in [0.25, 0.3) is 0 Å². The molecule has 0 bridgehead atoms. The Balaban J connectivity index is 1.20. The minimum absolute atomic E-state index is 0.438. The summed E-state index contributed by atoms with van der Waals surface area (Å²) < 4.78 is 0. The van der Waals surface area contributed by atoms with Gasteiger partial charge in [0.2, 0.25) is 0 Å². The highest BCUT2D eigenvalue weighted by Gasteiger charge is 2.53. The fourth-order valence-electron chi connectivity index (χ4n) is 9.83. The number of fused-ring (bicyclic) bond motifs is 17. The van der Waals surface area contributed by atoms with Gasteiger partial charge in [-0.2, -0.15) is 0 Å². The maximum Gasteiger partial charge on any atom is 0.0731 e. The normalized spacial score (nSPS) is 16.0. The summed E-state index contributed by atoms with van der Waals surface area (Å²) >= 11 is 1.89. The second kappa shape index (κ2) is 9.63. The van der Waals surface area contributed by atoms with Crippen molar-refractivity contribution in [3.63, 3.8) is 0 Å². The number of hydrogen-bond acceptors (Lipinski definition) is 1. The highest BCUT2D eigenvalue weighted by molar-refractivity contribution is 7.99. The maximum atomic E-state index is 2.45. The van der Waals surface area contributed by atoms with Crippen LogP contribution in [0.25, 0.3) is 76.8 Å². The van der Waals surface area contributed by atoms with Gasteiger partial charge >= 0.3 is 0 Å². The molecule has 1 aliphatic heterocycles. The van der Waals surface area contributed by atoms with E-state index in [4.69, 9.17) is 0 Å². The molecular weight excluding hydrogens is 621 g/mol. The van der Waals surface area contributed by atoms with Crippen molar-refractivity contribution in [1.29, 1.82) is 0 Å². The molecular formula is C49H28S. The topological polar surface area (TPSA) is 0 Å². The van der Waals surface area contributed by atoms with Crippen LogP contribution in [-0.2, 0) is 5.41 Å². The number of benzene rings is 9. The molecule has 1 atom stereocenters. The fourth-order valence-corrected chi connectivity index (χ4v) is 11.0. The van der Waals surface area contributed by atoms with Gasteiger partial charge in [-0.05, 0) is 112 Å². The molecule has 9 aromatic rings. The highest BCUT2D eigenvalue weighted by Crippen LogP contribution is 2.66. The van der Waals surface area contributed by atoms with E-state index in [0.717, 1.165) is 0 Å². The lowest BCUT2D eigenvalue weighted by Gasteiger charge is -2.32. The van der Waals surface area contributed by atoms with Crippen molar-refractivity contribution in [3.05, 3.63) is 192 Å². The first-order chi connectivity index (χ1) is 24.8. The molecule has 1 heterocycles. The number of hydrogen-bond donors (Lipinski definition) is 0. The molecule has 0 aromatic heterocycles. The Morgan fingerprint density at radius 3 is 1.74 bits per heavy atom. The summed E-state index contributed by atoms with van der Waals surface area (Å²) in [6, 6.07) is 64.2. The van der Waals surface area contributed by atoms with Crippen LogP contribution in [0.15, 0.2) is 180 Å². The largest absolute Gasteiger partial charge is 0.0888 e. The molecule has 0 saturated heterocycles. The molecule has 0 nitrogen and oxygen atoms in total. The SMILES string of the molecule is c1ccc2c(c1)-c1c(-c3ccc4c(c3)-c3cccc5cccc(c35)S4)cccc1C21c2ccccc2-c2c1c1ccccc1c1ccccc21. The summed E-state index contributed by atoms with van der Waals surface area (Å²) in [7, 11) is 0. The first-order valence-corrected chi connectivity index (χ1v) is 18.3. The van der Waals surface area contributed by atoms with Crippen molar-refractivity contribution >= 4 is 44.1 Å². The van der Waals surface area contributed by atoms with Crippen LogP contribution in [0.3, 0.4) is 0 Å². The highest BCUT2D eigenvalue weighted by atomic mass is 32.2. The Bertz CT molecular complexity index is 2960. The predicted octanol–water partition coefficient (Wildman–Crippen LogP) is 13.3. The van der Waals surface area contributed by atoms with Gasteiger partial charge in [-0.25, -0.2) is 0 Å². The second-order valence-electron chi connectivity index (χ2n) is 13.9. The summed E-state index contributed by atoms with van der Waals surface area (Å²) in [5, 5.41) is 7.97. The molecule has 2 aliphatic carbocycles. The van der Waals surface area contributed by atoms with Gasteiger partial charge in [0.1, 0.15) is 0 Å². The summed E-state index contributed by atoms with van der Waals surface area (Å²) in [6.07, 6.45) is 0. The fraction of sp³-hybridized carbons (Fsp3) is 0.0204. The molecule has 0 radical (unpaired) electrons. The molecule has 1 unspecified atom stereocenters. The summed E-state index contributed by atoms with van der Waals surface area (Å²) in [4.78, 5) is 2.66. The Morgan fingerprint density at radius 2 is 0.940 bits per heavy atom. The van der Waals surface area contributed by atoms with E-state index < -0.39 is 5.41 Å². The van der Waals surface area contributed by atoms with Crippen LogP contribution in [0, 0.1) is 0 Å². The lowest BCUT2D eigenvalue weighted by Crippen LogP contribution is -2.26. The Morgan fingerprint density at radius 1 is 0.360 bits per heavy atom. The van der Waals surface area contributed by atoms with Crippen molar-refractivity contribution in [2.45, 2.75) is 15.2 Å². The predicted molar refractivity (Wildman–Crippen MR) is 210 cm³/mol. The first kappa shape index (κ1) is 27.0. The Kier molecular flexibility index (Phi) is 5.20. The van der Waals surface area contributed by atoms with Gasteiger partial charge in [0.05, 0.1) is 5.41 Å². The molecule has 9 aromatic carbocycles. The minimum Gasteiger partial charge on any atom is -0.0888 e. The van der Waals surface area contributed by atoms with Crippen molar-refractivity contribution < 1.29 is 0 Å². The zero-order chi connectivity index (χ0) is 32.6. The van der Waals surface area contributed by atoms with Gasteiger partial charge in [-0.1, -0.05) is 163 Å². The molecule has 0 amide bonds. The molecule has 3 aliphatic rings. The van der Waals surface area contributed by atoms with Gasteiger partial charge in [-0.3, -0.25) is 0 Å². The quantitative estimate of drug-likeness (QED) is 0.160. The van der Waals surface area contributed by atoms with E-state index in [1.165, 1.54) is 109 Å². The maximum absolute atomic E-state index is 2.45. The molecule has 0 saturated carbocycles. The van der Waals surface area contributed by atoms with Crippen LogP contribution in [0.1, 0.15) is 22.3 Å². The molecule has 50 heavy (non-hydrogen) atoms. The van der Waals surface area contributed by atoms with Crippen molar-refractivity contribution in [2.24, 2.45) is 0 Å². The zero-order valence-corrected chi connectivity index (χ0v) is 27.9. The third kappa shape index (κ3) is 3.20. The van der Waals surface area contributed by atoms with Crippen LogP contribution in [0.4, 0.5) is 0 Å². The third-order valence-electron chi connectivity index (χ3n) is 11.6. The standard InChI is InChI=1S/C49H28S/c1-3-16-34-32(14-1)33-15-2-4-17-36(33)48-47(34)38-19-6-8-23-41(38)49(48)40-22-7-5-18-37(40)46-31(20-11-24-42(46)49)30-26-27-43-39(28-30)35-21-9-12-29-13-10-25-44(50-43)45(29)35/h1-28H. The molecule has 0 fully saturated rings. The number of rotatable bonds is 1. The Labute approximate surface area is 294 Å². The van der Waals surface area contributed by atoms with Gasteiger partial charge < -0.3 is 0 Å². The van der Waals surface area contributed by atoms with E-state index >= 15 is 0 Å². The third-order valence-corrected chi connectivity index (χ3v) is 12.8. The van der Waals surface area contributed by atoms with Crippen LogP contribution >= 0.6 is 11.8 Å². The first-order valence-electron chi connectivity index (χ1n) is 17.4. The molecule has 1 spiro atoms. The van der Waals surface area contributed by atoms with Crippen LogP contribution in [0.5, 0.6) is 0 Å². The zero-order valence-electron chi connectivity index (χ0n) is 27.1. The second-order valence-corrected chi connectivity index (χ2v) is 15.0. The lowest BCUT2D eigenvalue weighted by atomic mass is 9.69. The average Bonchev–Trinajstić information content (AvgIpc) is 3.66. The van der Waals surface area contributed by atoms with Gasteiger partial charge in [0, 0.05) is 15.2 Å². The molecule has 1 heteroatoms.